The first-order valence-electron chi connectivity index (χ1n) is 8.41. The normalized spacial score (nSPS) is 25.1. The molecular formula is C17H27N3O. The zero-order chi connectivity index (χ0) is 14.5. The van der Waals surface area contributed by atoms with E-state index < -0.39 is 0 Å². The van der Waals surface area contributed by atoms with E-state index in [-0.39, 0.29) is 0 Å². The summed E-state index contributed by atoms with van der Waals surface area (Å²) < 4.78 is 5.99. The standard InChI is InChI=1S/C17H27N3O/c1-14-18-10-16(11-19-14)12-20-7-8-21-17(13-20)9-15-5-3-2-4-6-15/h10-11,15,17H,2-9,12-13H2,1H3/t17-/m1/s1. The van der Waals surface area contributed by atoms with Gasteiger partial charge in [0.25, 0.3) is 0 Å². The monoisotopic (exact) mass is 289 g/mol. The van der Waals surface area contributed by atoms with Crippen LogP contribution in [0, 0.1) is 12.8 Å². The summed E-state index contributed by atoms with van der Waals surface area (Å²) in [5, 5.41) is 0. The van der Waals surface area contributed by atoms with Crippen molar-refractivity contribution in [3.63, 3.8) is 0 Å². The molecular weight excluding hydrogens is 262 g/mol. The molecule has 1 atom stereocenters. The number of nitrogens with zero attached hydrogens (tertiary/aromatic N) is 3. The summed E-state index contributed by atoms with van der Waals surface area (Å²) in [5.74, 6) is 1.74. The Kier molecular flexibility index (Phi) is 5.20. The van der Waals surface area contributed by atoms with Crippen molar-refractivity contribution in [2.75, 3.05) is 19.7 Å². The second kappa shape index (κ2) is 7.32. The summed E-state index contributed by atoms with van der Waals surface area (Å²) >= 11 is 0. The van der Waals surface area contributed by atoms with Crippen LogP contribution in [-0.4, -0.2) is 40.7 Å². The van der Waals surface area contributed by atoms with Crippen LogP contribution in [0.5, 0.6) is 0 Å². The number of hydrogen-bond acceptors (Lipinski definition) is 4. The molecule has 3 rings (SSSR count). The molecule has 2 fully saturated rings. The highest BCUT2D eigenvalue weighted by Crippen LogP contribution is 2.29. The summed E-state index contributed by atoms with van der Waals surface area (Å²) in [6.45, 7) is 5.83. The predicted molar refractivity (Wildman–Crippen MR) is 83.0 cm³/mol. The zero-order valence-electron chi connectivity index (χ0n) is 13.1. The van der Waals surface area contributed by atoms with Crippen LogP contribution in [0.1, 0.15) is 49.9 Å². The van der Waals surface area contributed by atoms with Gasteiger partial charge in [0.15, 0.2) is 0 Å². The lowest BCUT2D eigenvalue weighted by Gasteiger charge is -2.35. The van der Waals surface area contributed by atoms with Crippen LogP contribution < -0.4 is 0 Å². The minimum Gasteiger partial charge on any atom is -0.376 e. The molecule has 0 radical (unpaired) electrons. The molecule has 0 unspecified atom stereocenters. The van der Waals surface area contributed by atoms with E-state index >= 15 is 0 Å². The number of morpholine rings is 1. The molecule has 21 heavy (non-hydrogen) atoms. The van der Waals surface area contributed by atoms with Crippen molar-refractivity contribution >= 4 is 0 Å². The lowest BCUT2D eigenvalue weighted by molar-refractivity contribution is -0.0439. The Morgan fingerprint density at radius 1 is 1.19 bits per heavy atom. The topological polar surface area (TPSA) is 38.2 Å². The molecule has 1 saturated heterocycles. The Labute approximate surface area is 127 Å². The van der Waals surface area contributed by atoms with E-state index in [4.69, 9.17) is 4.74 Å². The summed E-state index contributed by atoms with van der Waals surface area (Å²) in [4.78, 5) is 11.1. The molecule has 0 amide bonds. The lowest BCUT2D eigenvalue weighted by Crippen LogP contribution is -2.42. The van der Waals surface area contributed by atoms with Crippen molar-refractivity contribution in [3.8, 4) is 0 Å². The Morgan fingerprint density at radius 2 is 1.95 bits per heavy atom. The van der Waals surface area contributed by atoms with Gasteiger partial charge in [-0.15, -0.1) is 0 Å². The molecule has 0 bridgehead atoms. The molecule has 116 valence electrons. The fourth-order valence-corrected chi connectivity index (χ4v) is 3.62. The quantitative estimate of drug-likeness (QED) is 0.854. The summed E-state index contributed by atoms with van der Waals surface area (Å²) in [6, 6.07) is 0. The van der Waals surface area contributed by atoms with E-state index in [9.17, 15) is 0 Å². The highest BCUT2D eigenvalue weighted by Gasteiger charge is 2.24. The van der Waals surface area contributed by atoms with E-state index in [1.807, 2.05) is 19.3 Å². The molecule has 4 nitrogen and oxygen atoms in total. The van der Waals surface area contributed by atoms with Crippen LogP contribution in [0.3, 0.4) is 0 Å². The molecule has 0 N–H and O–H groups in total. The average molecular weight is 289 g/mol. The second-order valence-corrected chi connectivity index (χ2v) is 6.61. The van der Waals surface area contributed by atoms with Crippen LogP contribution >= 0.6 is 0 Å². The first-order valence-corrected chi connectivity index (χ1v) is 8.41. The molecule has 1 aromatic heterocycles. The van der Waals surface area contributed by atoms with Crippen molar-refractivity contribution < 1.29 is 4.74 Å². The van der Waals surface area contributed by atoms with Crippen LogP contribution in [0.15, 0.2) is 12.4 Å². The van der Waals surface area contributed by atoms with Gasteiger partial charge in [0.1, 0.15) is 5.82 Å². The third-order valence-electron chi connectivity index (χ3n) is 4.78. The average Bonchev–Trinajstić information content (AvgIpc) is 2.51. The van der Waals surface area contributed by atoms with Crippen molar-refractivity contribution in [2.24, 2.45) is 5.92 Å². The highest BCUT2D eigenvalue weighted by molar-refractivity contribution is 5.04. The first-order chi connectivity index (χ1) is 10.3. The van der Waals surface area contributed by atoms with Gasteiger partial charge in [-0.1, -0.05) is 32.1 Å². The maximum absolute atomic E-state index is 5.99. The van der Waals surface area contributed by atoms with Gasteiger partial charge >= 0.3 is 0 Å². The maximum atomic E-state index is 5.99. The Bertz CT molecular complexity index is 428. The zero-order valence-corrected chi connectivity index (χ0v) is 13.1. The molecule has 1 aliphatic heterocycles. The number of aryl methyl sites for hydroxylation is 1. The molecule has 2 aliphatic rings. The fraction of sp³-hybridized carbons (Fsp3) is 0.765. The number of ether oxygens (including phenoxy) is 1. The molecule has 0 aromatic carbocycles. The van der Waals surface area contributed by atoms with E-state index in [2.05, 4.69) is 14.9 Å². The minimum atomic E-state index is 0.424. The third-order valence-corrected chi connectivity index (χ3v) is 4.78. The predicted octanol–water partition coefficient (Wildman–Crippen LogP) is 2.96. The van der Waals surface area contributed by atoms with Crippen LogP contribution in [0.25, 0.3) is 0 Å². The van der Waals surface area contributed by atoms with Crippen molar-refractivity contribution in [3.05, 3.63) is 23.8 Å². The highest BCUT2D eigenvalue weighted by atomic mass is 16.5. The minimum absolute atomic E-state index is 0.424. The van der Waals surface area contributed by atoms with E-state index in [0.717, 1.165) is 38.0 Å². The number of rotatable bonds is 4. The van der Waals surface area contributed by atoms with Gasteiger partial charge in [0.05, 0.1) is 12.7 Å². The van der Waals surface area contributed by atoms with Crippen molar-refractivity contribution in [1.82, 2.24) is 14.9 Å². The Hall–Kier alpha value is -1.00. The van der Waals surface area contributed by atoms with Gasteiger partial charge < -0.3 is 4.74 Å². The SMILES string of the molecule is Cc1ncc(CN2CCO[C@H](CC3CCCCC3)C2)cn1. The van der Waals surface area contributed by atoms with Gasteiger partial charge in [0.2, 0.25) is 0 Å². The van der Waals surface area contributed by atoms with E-state index in [0.29, 0.717) is 6.10 Å². The van der Waals surface area contributed by atoms with Crippen molar-refractivity contribution in [2.45, 2.75) is 58.1 Å². The van der Waals surface area contributed by atoms with Crippen LogP contribution in [0.2, 0.25) is 0 Å². The van der Waals surface area contributed by atoms with Crippen LogP contribution in [-0.2, 0) is 11.3 Å². The second-order valence-electron chi connectivity index (χ2n) is 6.61. The summed E-state index contributed by atoms with van der Waals surface area (Å²) in [5.41, 5.74) is 1.21. The fourth-order valence-electron chi connectivity index (χ4n) is 3.62. The molecule has 0 spiro atoms. The molecule has 4 heteroatoms. The largest absolute Gasteiger partial charge is 0.376 e. The van der Waals surface area contributed by atoms with Gasteiger partial charge in [-0.25, -0.2) is 9.97 Å². The molecule has 2 heterocycles. The third kappa shape index (κ3) is 4.48. The van der Waals surface area contributed by atoms with Gasteiger partial charge in [-0.05, 0) is 19.3 Å². The van der Waals surface area contributed by atoms with Gasteiger partial charge in [-0.3, -0.25) is 4.90 Å². The Morgan fingerprint density at radius 3 is 2.71 bits per heavy atom. The summed E-state index contributed by atoms with van der Waals surface area (Å²) in [6.07, 6.45) is 12.7. The smallest absolute Gasteiger partial charge is 0.125 e. The maximum Gasteiger partial charge on any atom is 0.125 e. The van der Waals surface area contributed by atoms with E-state index in [1.54, 1.807) is 0 Å². The number of aromatic nitrogens is 2. The van der Waals surface area contributed by atoms with Gasteiger partial charge in [0, 0.05) is 37.6 Å². The van der Waals surface area contributed by atoms with E-state index in [1.165, 1.54) is 44.1 Å². The molecule has 1 aliphatic carbocycles. The number of hydrogen-bond donors (Lipinski definition) is 0. The lowest BCUT2D eigenvalue weighted by atomic mass is 9.85. The Balaban J connectivity index is 1.49. The van der Waals surface area contributed by atoms with Crippen molar-refractivity contribution in [1.29, 1.82) is 0 Å². The molecule has 1 saturated carbocycles. The van der Waals surface area contributed by atoms with Crippen LogP contribution in [0.4, 0.5) is 0 Å². The molecule has 1 aromatic rings. The van der Waals surface area contributed by atoms with Gasteiger partial charge in [-0.2, -0.15) is 0 Å². The first kappa shape index (κ1) is 14.9. The summed E-state index contributed by atoms with van der Waals surface area (Å²) in [7, 11) is 0.